The van der Waals surface area contributed by atoms with E-state index in [1.54, 1.807) is 18.2 Å². The predicted octanol–water partition coefficient (Wildman–Crippen LogP) is 6.38. The first kappa shape index (κ1) is 19.7. The minimum absolute atomic E-state index is 0.0480. The lowest BCUT2D eigenvalue weighted by molar-refractivity contribution is -0.383. The monoisotopic (exact) mass is 417 g/mol. The molecule has 0 aliphatic carbocycles. The van der Waals surface area contributed by atoms with Crippen molar-refractivity contribution in [3.8, 4) is 11.3 Å². The zero-order valence-electron chi connectivity index (χ0n) is 16.2. The van der Waals surface area contributed by atoms with Gasteiger partial charge in [-0.05, 0) is 28.8 Å². The molecule has 3 aromatic carbocycles. The van der Waals surface area contributed by atoms with Crippen LogP contribution >= 0.6 is 11.6 Å². The standard InChI is InChI=1S/C24H20ClN3O2/c25-21-13-11-20(12-14-21)22-15-23(28(29)30)24(26-16-18-7-3-1-4-8-18)27(22)17-19-9-5-2-6-10-19/h1-15,26H,16-17H2. The van der Waals surface area contributed by atoms with Crippen LogP contribution in [-0.2, 0) is 13.1 Å². The summed E-state index contributed by atoms with van der Waals surface area (Å²) >= 11 is 6.05. The first-order valence-electron chi connectivity index (χ1n) is 9.57. The average Bonchev–Trinajstić information content (AvgIpc) is 3.13. The smallest absolute Gasteiger partial charge is 0.311 e. The molecular weight excluding hydrogens is 398 g/mol. The summed E-state index contributed by atoms with van der Waals surface area (Å²) in [5, 5.41) is 15.8. The van der Waals surface area contributed by atoms with Crippen LogP contribution in [0.3, 0.4) is 0 Å². The van der Waals surface area contributed by atoms with Crippen molar-refractivity contribution in [1.82, 2.24) is 4.57 Å². The summed E-state index contributed by atoms with van der Waals surface area (Å²) < 4.78 is 1.96. The summed E-state index contributed by atoms with van der Waals surface area (Å²) in [6.07, 6.45) is 0. The fraction of sp³-hybridized carbons (Fsp3) is 0.0833. The summed E-state index contributed by atoms with van der Waals surface area (Å²) in [4.78, 5) is 11.5. The lowest BCUT2D eigenvalue weighted by Crippen LogP contribution is -2.10. The van der Waals surface area contributed by atoms with Crippen molar-refractivity contribution in [1.29, 1.82) is 0 Å². The highest BCUT2D eigenvalue weighted by atomic mass is 35.5. The molecule has 0 saturated carbocycles. The van der Waals surface area contributed by atoms with Crippen LogP contribution in [0, 0.1) is 10.1 Å². The molecule has 0 atom stereocenters. The molecule has 0 spiro atoms. The quantitative estimate of drug-likeness (QED) is 0.280. The molecule has 0 radical (unpaired) electrons. The average molecular weight is 418 g/mol. The number of nitrogens with one attached hydrogen (secondary N) is 1. The van der Waals surface area contributed by atoms with Crippen LogP contribution < -0.4 is 5.32 Å². The second kappa shape index (κ2) is 8.84. The predicted molar refractivity (Wildman–Crippen MR) is 121 cm³/mol. The van der Waals surface area contributed by atoms with Crippen molar-refractivity contribution in [2.45, 2.75) is 13.1 Å². The number of hydrogen-bond acceptors (Lipinski definition) is 3. The first-order chi connectivity index (χ1) is 14.6. The van der Waals surface area contributed by atoms with E-state index < -0.39 is 0 Å². The molecule has 0 fully saturated rings. The number of aromatic nitrogens is 1. The molecule has 1 N–H and O–H groups in total. The zero-order chi connectivity index (χ0) is 20.9. The third-order valence-electron chi connectivity index (χ3n) is 4.90. The molecule has 0 aliphatic heterocycles. The fourth-order valence-electron chi connectivity index (χ4n) is 3.43. The first-order valence-corrected chi connectivity index (χ1v) is 9.95. The molecule has 1 aromatic heterocycles. The topological polar surface area (TPSA) is 60.1 Å². The number of halogens is 1. The Balaban J connectivity index is 1.80. The largest absolute Gasteiger partial charge is 0.362 e. The summed E-state index contributed by atoms with van der Waals surface area (Å²) in [6.45, 7) is 0.990. The number of rotatable bonds is 7. The molecule has 30 heavy (non-hydrogen) atoms. The van der Waals surface area contributed by atoms with E-state index in [1.807, 2.05) is 77.4 Å². The van der Waals surface area contributed by atoms with E-state index in [0.29, 0.717) is 23.9 Å². The lowest BCUT2D eigenvalue weighted by Gasteiger charge is -2.15. The Hall–Kier alpha value is -3.57. The van der Waals surface area contributed by atoms with Gasteiger partial charge in [0.2, 0.25) is 0 Å². The normalized spacial score (nSPS) is 10.7. The van der Waals surface area contributed by atoms with Gasteiger partial charge >= 0.3 is 5.69 Å². The zero-order valence-corrected chi connectivity index (χ0v) is 16.9. The van der Waals surface area contributed by atoms with Crippen LogP contribution in [0.25, 0.3) is 11.3 Å². The van der Waals surface area contributed by atoms with Crippen LogP contribution in [0.4, 0.5) is 11.5 Å². The van der Waals surface area contributed by atoms with Gasteiger partial charge in [-0.2, -0.15) is 0 Å². The van der Waals surface area contributed by atoms with Crippen molar-refractivity contribution < 1.29 is 4.92 Å². The molecule has 4 aromatic rings. The van der Waals surface area contributed by atoms with E-state index in [2.05, 4.69) is 5.32 Å². The number of anilines is 1. The van der Waals surface area contributed by atoms with Crippen LogP contribution in [-0.4, -0.2) is 9.49 Å². The van der Waals surface area contributed by atoms with E-state index in [-0.39, 0.29) is 10.6 Å². The second-order valence-corrected chi connectivity index (χ2v) is 7.37. The van der Waals surface area contributed by atoms with Gasteiger partial charge in [0.15, 0.2) is 5.82 Å². The Morgan fingerprint density at radius 1 is 0.867 bits per heavy atom. The lowest BCUT2D eigenvalue weighted by atomic mass is 10.1. The van der Waals surface area contributed by atoms with Gasteiger partial charge in [-0.1, -0.05) is 84.4 Å². The molecule has 5 nitrogen and oxygen atoms in total. The maximum Gasteiger partial charge on any atom is 0.311 e. The van der Waals surface area contributed by atoms with E-state index >= 15 is 0 Å². The molecule has 1 heterocycles. The number of nitro groups is 1. The van der Waals surface area contributed by atoms with E-state index in [9.17, 15) is 10.1 Å². The third-order valence-corrected chi connectivity index (χ3v) is 5.15. The van der Waals surface area contributed by atoms with Gasteiger partial charge in [0.1, 0.15) is 0 Å². The van der Waals surface area contributed by atoms with Gasteiger partial charge in [-0.3, -0.25) is 10.1 Å². The molecule has 150 valence electrons. The van der Waals surface area contributed by atoms with Crippen molar-refractivity contribution in [2.75, 3.05) is 5.32 Å². The van der Waals surface area contributed by atoms with Crippen LogP contribution in [0.5, 0.6) is 0 Å². The van der Waals surface area contributed by atoms with E-state index in [0.717, 1.165) is 22.4 Å². The third kappa shape index (κ3) is 4.36. The Bertz CT molecular complexity index is 1140. The van der Waals surface area contributed by atoms with Crippen molar-refractivity contribution >= 4 is 23.1 Å². The van der Waals surface area contributed by atoms with Gasteiger partial charge in [0, 0.05) is 24.2 Å². The van der Waals surface area contributed by atoms with Crippen LogP contribution in [0.15, 0.2) is 91.0 Å². The molecule has 6 heteroatoms. The molecule has 0 amide bonds. The number of nitrogens with zero attached hydrogens (tertiary/aromatic N) is 2. The number of hydrogen-bond donors (Lipinski definition) is 1. The summed E-state index contributed by atoms with van der Waals surface area (Å²) in [6, 6.07) is 28.7. The fourth-order valence-corrected chi connectivity index (χ4v) is 3.56. The van der Waals surface area contributed by atoms with Gasteiger partial charge in [0.25, 0.3) is 0 Å². The number of benzene rings is 3. The maximum absolute atomic E-state index is 11.9. The van der Waals surface area contributed by atoms with E-state index in [4.69, 9.17) is 11.6 Å². The summed E-state index contributed by atoms with van der Waals surface area (Å²) in [5.41, 5.74) is 3.78. The van der Waals surface area contributed by atoms with Gasteiger partial charge in [-0.25, -0.2) is 0 Å². The Kier molecular flexibility index (Phi) is 5.82. The van der Waals surface area contributed by atoms with Gasteiger partial charge in [-0.15, -0.1) is 0 Å². The van der Waals surface area contributed by atoms with Crippen molar-refractivity contribution in [3.63, 3.8) is 0 Å². The highest BCUT2D eigenvalue weighted by Gasteiger charge is 2.24. The maximum atomic E-state index is 11.9. The van der Waals surface area contributed by atoms with Crippen molar-refractivity contribution in [2.24, 2.45) is 0 Å². The molecular formula is C24H20ClN3O2. The molecule has 0 saturated heterocycles. The summed E-state index contributed by atoms with van der Waals surface area (Å²) in [5.74, 6) is 0.484. The minimum atomic E-state index is -0.339. The Labute approximate surface area is 179 Å². The Morgan fingerprint density at radius 3 is 2.07 bits per heavy atom. The SMILES string of the molecule is O=[N+]([O-])c1cc(-c2ccc(Cl)cc2)n(Cc2ccccc2)c1NCc1ccccc1. The molecule has 4 rings (SSSR count). The van der Waals surface area contributed by atoms with Crippen molar-refractivity contribution in [3.05, 3.63) is 117 Å². The molecule has 0 aliphatic rings. The summed E-state index contributed by atoms with van der Waals surface area (Å²) in [7, 11) is 0. The minimum Gasteiger partial charge on any atom is -0.362 e. The Morgan fingerprint density at radius 2 is 1.47 bits per heavy atom. The highest BCUT2D eigenvalue weighted by Crippen LogP contribution is 2.36. The van der Waals surface area contributed by atoms with Crippen LogP contribution in [0.1, 0.15) is 11.1 Å². The van der Waals surface area contributed by atoms with Gasteiger partial charge in [0.05, 0.1) is 10.6 Å². The second-order valence-electron chi connectivity index (χ2n) is 6.94. The van der Waals surface area contributed by atoms with E-state index in [1.165, 1.54) is 0 Å². The highest BCUT2D eigenvalue weighted by molar-refractivity contribution is 6.30. The molecule has 0 unspecified atom stereocenters. The van der Waals surface area contributed by atoms with Crippen LogP contribution in [0.2, 0.25) is 5.02 Å². The van der Waals surface area contributed by atoms with Gasteiger partial charge < -0.3 is 9.88 Å². The molecule has 0 bridgehead atoms.